The lowest BCUT2D eigenvalue weighted by atomic mass is 10.1. The molecule has 20 heavy (non-hydrogen) atoms. The number of fused-ring (bicyclic) bond motifs is 1. The van der Waals surface area contributed by atoms with Gasteiger partial charge in [0.05, 0.1) is 12.9 Å². The summed E-state index contributed by atoms with van der Waals surface area (Å²) in [7, 11) is 0. The highest BCUT2D eigenvalue weighted by atomic mass is 35.5. The van der Waals surface area contributed by atoms with E-state index < -0.39 is 31.1 Å². The van der Waals surface area contributed by atoms with Crippen LogP contribution in [0.2, 0.25) is 5.28 Å². The van der Waals surface area contributed by atoms with Crippen molar-refractivity contribution in [1.29, 1.82) is 0 Å². The van der Waals surface area contributed by atoms with Crippen LogP contribution in [0.4, 0.5) is 5.82 Å². The molecule has 1 aliphatic rings. The fourth-order valence-corrected chi connectivity index (χ4v) is 2.38. The van der Waals surface area contributed by atoms with Crippen molar-refractivity contribution in [2.24, 2.45) is 0 Å². The molecule has 108 valence electrons. The topological polar surface area (TPSA) is 140 Å². The van der Waals surface area contributed by atoms with Crippen molar-refractivity contribution in [3.05, 3.63) is 11.6 Å². The molecule has 0 radical (unpaired) electrons. The maximum Gasteiger partial charge on any atom is 0.226 e. The molecule has 3 heterocycles. The summed E-state index contributed by atoms with van der Waals surface area (Å²) in [6.45, 7) is -0.417. The first kappa shape index (κ1) is 13.5. The molecule has 0 aliphatic carbocycles. The molecule has 0 aromatic carbocycles. The van der Waals surface area contributed by atoms with Crippen molar-refractivity contribution < 1.29 is 20.1 Å². The first-order valence-electron chi connectivity index (χ1n) is 5.81. The van der Waals surface area contributed by atoms with Gasteiger partial charge in [0.2, 0.25) is 5.28 Å². The SMILES string of the molecule is Nc1nc(Cl)nc2c1ncn2C1O[C@H](CO)[C@@H](O)[C@H]1O. The molecule has 2 aromatic heterocycles. The minimum Gasteiger partial charge on any atom is -0.394 e. The number of imidazole rings is 1. The van der Waals surface area contributed by atoms with Crippen LogP contribution in [0.25, 0.3) is 11.2 Å². The van der Waals surface area contributed by atoms with E-state index in [4.69, 9.17) is 27.2 Å². The summed E-state index contributed by atoms with van der Waals surface area (Å²) in [6, 6.07) is 0. The van der Waals surface area contributed by atoms with Crippen molar-refractivity contribution in [3.8, 4) is 0 Å². The van der Waals surface area contributed by atoms with Crippen molar-refractivity contribution >= 4 is 28.6 Å². The Bertz CT molecular complexity index is 650. The molecule has 1 saturated heterocycles. The third-order valence-electron chi connectivity index (χ3n) is 3.21. The second kappa shape index (κ2) is 4.79. The Morgan fingerprint density at radius 2 is 2.10 bits per heavy atom. The Morgan fingerprint density at radius 3 is 2.75 bits per heavy atom. The van der Waals surface area contributed by atoms with Gasteiger partial charge in [0.1, 0.15) is 23.8 Å². The average molecular weight is 302 g/mol. The van der Waals surface area contributed by atoms with Gasteiger partial charge in [-0.3, -0.25) is 4.57 Å². The number of aliphatic hydroxyl groups excluding tert-OH is 3. The lowest BCUT2D eigenvalue weighted by molar-refractivity contribution is -0.0511. The minimum absolute atomic E-state index is 0.0662. The second-order valence-corrected chi connectivity index (χ2v) is 4.77. The van der Waals surface area contributed by atoms with Crippen molar-refractivity contribution in [2.45, 2.75) is 24.5 Å². The van der Waals surface area contributed by atoms with Crippen LogP contribution in [0, 0.1) is 0 Å². The fourth-order valence-electron chi connectivity index (χ4n) is 2.21. The predicted octanol–water partition coefficient (Wildman–Crippen LogP) is -1.33. The number of aliphatic hydroxyl groups is 3. The lowest BCUT2D eigenvalue weighted by Gasteiger charge is -2.16. The van der Waals surface area contributed by atoms with Crippen LogP contribution in [0.15, 0.2) is 6.33 Å². The number of rotatable bonds is 2. The minimum atomic E-state index is -1.24. The van der Waals surface area contributed by atoms with Gasteiger partial charge in [-0.25, -0.2) is 4.98 Å². The molecule has 0 amide bonds. The van der Waals surface area contributed by atoms with Gasteiger partial charge in [0.25, 0.3) is 0 Å². The van der Waals surface area contributed by atoms with Crippen LogP contribution in [-0.2, 0) is 4.74 Å². The molecule has 4 atom stereocenters. The van der Waals surface area contributed by atoms with Gasteiger partial charge in [-0.05, 0) is 11.6 Å². The monoisotopic (exact) mass is 301 g/mol. The van der Waals surface area contributed by atoms with Crippen molar-refractivity contribution in [2.75, 3.05) is 12.3 Å². The summed E-state index contributed by atoms with van der Waals surface area (Å²) in [4.78, 5) is 11.8. The summed E-state index contributed by atoms with van der Waals surface area (Å²) in [6.07, 6.45) is -2.93. The van der Waals surface area contributed by atoms with Gasteiger partial charge in [-0.2, -0.15) is 9.97 Å². The van der Waals surface area contributed by atoms with Gasteiger partial charge in [-0.1, -0.05) is 0 Å². The number of nitrogens with two attached hydrogens (primary N) is 1. The van der Waals surface area contributed by atoms with Crippen LogP contribution in [0.3, 0.4) is 0 Å². The molecule has 2 aromatic rings. The van der Waals surface area contributed by atoms with Crippen LogP contribution in [0.5, 0.6) is 0 Å². The third kappa shape index (κ3) is 1.91. The number of anilines is 1. The molecule has 1 unspecified atom stereocenters. The molecule has 9 nitrogen and oxygen atoms in total. The number of nitrogen functional groups attached to an aromatic ring is 1. The van der Waals surface area contributed by atoms with Gasteiger partial charge in [-0.15, -0.1) is 0 Å². The number of aromatic nitrogens is 4. The highest BCUT2D eigenvalue weighted by Crippen LogP contribution is 2.32. The Kier molecular flexibility index (Phi) is 3.22. The van der Waals surface area contributed by atoms with Gasteiger partial charge >= 0.3 is 0 Å². The standard InChI is InChI=1S/C10H12ClN5O4/c11-10-14-7(12)4-8(15-10)16(2-13-4)9-6(19)5(18)3(1-17)20-9/h2-3,5-6,9,17-19H,1H2,(H2,12,14,15)/t3-,5-,6-,9?/m1/s1. The zero-order valence-corrected chi connectivity index (χ0v) is 10.8. The molecule has 1 fully saturated rings. The van der Waals surface area contributed by atoms with Crippen LogP contribution < -0.4 is 5.73 Å². The predicted molar refractivity (Wildman–Crippen MR) is 67.8 cm³/mol. The van der Waals surface area contributed by atoms with Gasteiger partial charge in [0, 0.05) is 0 Å². The van der Waals surface area contributed by atoms with E-state index >= 15 is 0 Å². The zero-order valence-electron chi connectivity index (χ0n) is 10.1. The molecular formula is C10H12ClN5O4. The van der Waals surface area contributed by atoms with E-state index in [0.29, 0.717) is 5.52 Å². The lowest BCUT2D eigenvalue weighted by Crippen LogP contribution is -2.33. The number of ether oxygens (including phenoxy) is 1. The summed E-state index contributed by atoms with van der Waals surface area (Å²) in [5.41, 5.74) is 6.27. The highest BCUT2D eigenvalue weighted by Gasteiger charge is 2.44. The molecule has 10 heteroatoms. The molecule has 5 N–H and O–H groups in total. The van der Waals surface area contributed by atoms with E-state index in [1.807, 2.05) is 0 Å². The molecule has 1 aliphatic heterocycles. The van der Waals surface area contributed by atoms with E-state index in [0.717, 1.165) is 0 Å². The maximum atomic E-state index is 9.99. The summed E-state index contributed by atoms with van der Waals surface area (Å²) in [5.74, 6) is 0.102. The van der Waals surface area contributed by atoms with E-state index in [9.17, 15) is 10.2 Å². The smallest absolute Gasteiger partial charge is 0.226 e. The quantitative estimate of drug-likeness (QED) is 0.500. The number of hydrogen-bond donors (Lipinski definition) is 4. The zero-order chi connectivity index (χ0) is 14.4. The van der Waals surface area contributed by atoms with E-state index in [2.05, 4.69) is 15.0 Å². The third-order valence-corrected chi connectivity index (χ3v) is 3.38. The van der Waals surface area contributed by atoms with Gasteiger partial charge in [0.15, 0.2) is 17.7 Å². The van der Waals surface area contributed by atoms with Crippen molar-refractivity contribution in [3.63, 3.8) is 0 Å². The Morgan fingerprint density at radius 1 is 1.35 bits per heavy atom. The number of hydrogen-bond acceptors (Lipinski definition) is 8. The second-order valence-electron chi connectivity index (χ2n) is 4.43. The molecule has 0 bridgehead atoms. The fraction of sp³-hybridized carbons (Fsp3) is 0.500. The number of halogens is 1. The molecule has 3 rings (SSSR count). The highest BCUT2D eigenvalue weighted by molar-refractivity contribution is 6.28. The van der Waals surface area contributed by atoms with Gasteiger partial charge < -0.3 is 25.8 Å². The first-order chi connectivity index (χ1) is 9.52. The normalized spacial score (nSPS) is 30.2. The van der Waals surface area contributed by atoms with Crippen LogP contribution >= 0.6 is 11.6 Å². The molecule has 0 saturated carbocycles. The summed E-state index contributed by atoms with van der Waals surface area (Å²) in [5, 5.41) is 28.8. The molecule has 0 spiro atoms. The van der Waals surface area contributed by atoms with Crippen molar-refractivity contribution in [1.82, 2.24) is 19.5 Å². The Balaban J connectivity index is 2.07. The average Bonchev–Trinajstić information content (AvgIpc) is 2.93. The number of nitrogens with zero attached hydrogens (tertiary/aromatic N) is 4. The van der Waals surface area contributed by atoms with Crippen LogP contribution in [-0.4, -0.2) is 59.8 Å². The van der Waals surface area contributed by atoms with E-state index in [-0.39, 0.29) is 16.7 Å². The Hall–Kier alpha value is -1.52. The van der Waals surface area contributed by atoms with E-state index in [1.54, 1.807) is 0 Å². The first-order valence-corrected chi connectivity index (χ1v) is 6.18. The summed E-state index contributed by atoms with van der Waals surface area (Å²) >= 11 is 5.74. The largest absolute Gasteiger partial charge is 0.394 e. The Labute approximate surface area is 117 Å². The van der Waals surface area contributed by atoms with E-state index in [1.165, 1.54) is 10.9 Å². The maximum absolute atomic E-state index is 9.99. The van der Waals surface area contributed by atoms with Crippen LogP contribution in [0.1, 0.15) is 6.23 Å². The molecular weight excluding hydrogens is 290 g/mol. The summed E-state index contributed by atoms with van der Waals surface area (Å²) < 4.78 is 6.79.